The van der Waals surface area contributed by atoms with Gasteiger partial charge in [-0.1, -0.05) is 17.7 Å². The molecule has 0 aliphatic heterocycles. The van der Waals surface area contributed by atoms with E-state index < -0.39 is 0 Å². The summed E-state index contributed by atoms with van der Waals surface area (Å²) in [5.74, 6) is 2.09. The number of benzene rings is 1. The van der Waals surface area contributed by atoms with Crippen molar-refractivity contribution in [2.45, 2.75) is 6.92 Å². The Hall–Kier alpha value is -2.93. The Morgan fingerprint density at radius 3 is 2.84 bits per heavy atom. The molecular weight excluding hydrogens is 340 g/mol. The van der Waals surface area contributed by atoms with Crippen LogP contribution in [0, 0.1) is 6.92 Å². The van der Waals surface area contributed by atoms with Gasteiger partial charge in [0.15, 0.2) is 0 Å². The molecule has 8 heteroatoms. The van der Waals surface area contributed by atoms with E-state index in [1.807, 2.05) is 23.8 Å². The molecule has 1 amide bonds. The molecule has 0 unspecified atom stereocenters. The summed E-state index contributed by atoms with van der Waals surface area (Å²) in [7, 11) is 0. The van der Waals surface area contributed by atoms with Crippen LogP contribution in [0.4, 0.5) is 5.82 Å². The summed E-state index contributed by atoms with van der Waals surface area (Å²) in [6, 6.07) is 8.66. The minimum atomic E-state index is -0.165. The van der Waals surface area contributed by atoms with Gasteiger partial charge in [0, 0.05) is 42.1 Å². The number of nitrogens with one attached hydrogen (secondary N) is 2. The number of anilines is 1. The second-order valence-corrected chi connectivity index (χ2v) is 5.74. The van der Waals surface area contributed by atoms with Crippen LogP contribution >= 0.6 is 11.6 Å². The maximum atomic E-state index is 12.0. The zero-order valence-corrected chi connectivity index (χ0v) is 14.4. The zero-order valence-electron chi connectivity index (χ0n) is 13.6. The highest BCUT2D eigenvalue weighted by molar-refractivity contribution is 6.30. The molecule has 2 N–H and O–H groups in total. The molecule has 1 aromatic carbocycles. The van der Waals surface area contributed by atoms with Crippen LogP contribution in [-0.2, 0) is 0 Å². The molecule has 0 atom stereocenters. The van der Waals surface area contributed by atoms with Crippen LogP contribution in [0.5, 0.6) is 0 Å². The number of amides is 1. The number of aryl methyl sites for hydroxylation is 1. The van der Waals surface area contributed by atoms with Gasteiger partial charge in [0.25, 0.3) is 5.91 Å². The van der Waals surface area contributed by atoms with Crippen molar-refractivity contribution in [3.8, 4) is 5.82 Å². The van der Waals surface area contributed by atoms with Gasteiger partial charge in [-0.05, 0) is 25.1 Å². The molecule has 25 heavy (non-hydrogen) atoms. The first-order valence-corrected chi connectivity index (χ1v) is 8.11. The third-order valence-electron chi connectivity index (χ3n) is 3.53. The monoisotopic (exact) mass is 356 g/mol. The minimum Gasteiger partial charge on any atom is -0.368 e. The highest BCUT2D eigenvalue weighted by atomic mass is 35.5. The molecule has 0 spiro atoms. The molecule has 0 saturated heterocycles. The lowest BCUT2D eigenvalue weighted by atomic mass is 10.2. The van der Waals surface area contributed by atoms with Gasteiger partial charge in [0.05, 0.1) is 0 Å². The quantitative estimate of drug-likeness (QED) is 0.663. The SMILES string of the molecule is Cc1nccn1-c1cc(NCCNC(=O)c2cccc(Cl)c2)ncn1. The fourth-order valence-corrected chi connectivity index (χ4v) is 2.48. The lowest BCUT2D eigenvalue weighted by molar-refractivity contribution is 0.0955. The molecule has 0 fully saturated rings. The van der Waals surface area contributed by atoms with E-state index in [1.54, 1.807) is 30.5 Å². The average molecular weight is 357 g/mol. The third-order valence-corrected chi connectivity index (χ3v) is 3.76. The molecule has 0 radical (unpaired) electrons. The molecule has 128 valence electrons. The Balaban J connectivity index is 1.53. The number of hydrogen-bond acceptors (Lipinski definition) is 5. The Morgan fingerprint density at radius 1 is 1.20 bits per heavy atom. The van der Waals surface area contributed by atoms with E-state index in [1.165, 1.54) is 6.33 Å². The number of carbonyl (C=O) groups excluding carboxylic acids is 1. The van der Waals surface area contributed by atoms with Crippen LogP contribution in [0.2, 0.25) is 5.02 Å². The lowest BCUT2D eigenvalue weighted by Gasteiger charge is -2.09. The maximum absolute atomic E-state index is 12.0. The topological polar surface area (TPSA) is 84.7 Å². The molecule has 0 saturated carbocycles. The molecule has 0 aliphatic rings. The van der Waals surface area contributed by atoms with Crippen molar-refractivity contribution in [1.29, 1.82) is 0 Å². The number of nitrogens with zero attached hydrogens (tertiary/aromatic N) is 4. The van der Waals surface area contributed by atoms with Crippen LogP contribution in [0.25, 0.3) is 5.82 Å². The average Bonchev–Trinajstić information content (AvgIpc) is 3.05. The van der Waals surface area contributed by atoms with E-state index in [0.717, 1.165) is 11.6 Å². The van der Waals surface area contributed by atoms with Crippen LogP contribution in [0.3, 0.4) is 0 Å². The summed E-state index contributed by atoms with van der Waals surface area (Å²) >= 11 is 5.89. The molecule has 3 rings (SSSR count). The first-order chi connectivity index (χ1) is 12.1. The van der Waals surface area contributed by atoms with Crippen molar-refractivity contribution in [2.24, 2.45) is 0 Å². The second-order valence-electron chi connectivity index (χ2n) is 5.30. The fourth-order valence-electron chi connectivity index (χ4n) is 2.29. The van der Waals surface area contributed by atoms with Crippen molar-refractivity contribution >= 4 is 23.3 Å². The van der Waals surface area contributed by atoms with Gasteiger partial charge >= 0.3 is 0 Å². The number of imidazole rings is 1. The Bertz CT molecular complexity index is 879. The zero-order chi connectivity index (χ0) is 17.6. The summed E-state index contributed by atoms with van der Waals surface area (Å²) in [5.41, 5.74) is 0.535. The van der Waals surface area contributed by atoms with Crippen LogP contribution in [0.15, 0.2) is 49.1 Å². The number of rotatable bonds is 6. The van der Waals surface area contributed by atoms with E-state index in [2.05, 4.69) is 25.6 Å². The second kappa shape index (κ2) is 7.76. The van der Waals surface area contributed by atoms with Gasteiger partial charge in [-0.25, -0.2) is 15.0 Å². The third kappa shape index (κ3) is 4.33. The van der Waals surface area contributed by atoms with E-state index >= 15 is 0 Å². The summed E-state index contributed by atoms with van der Waals surface area (Å²) in [4.78, 5) is 24.6. The van der Waals surface area contributed by atoms with Gasteiger partial charge in [-0.2, -0.15) is 0 Å². The van der Waals surface area contributed by atoms with Crippen LogP contribution < -0.4 is 10.6 Å². The number of aromatic nitrogens is 4. The molecule has 2 heterocycles. The van der Waals surface area contributed by atoms with E-state index in [9.17, 15) is 4.79 Å². The highest BCUT2D eigenvalue weighted by Crippen LogP contribution is 2.11. The number of hydrogen-bond donors (Lipinski definition) is 2. The predicted molar refractivity (Wildman–Crippen MR) is 96.2 cm³/mol. The predicted octanol–water partition coefficient (Wildman–Crippen LogP) is 2.47. The smallest absolute Gasteiger partial charge is 0.251 e. The van der Waals surface area contributed by atoms with E-state index in [4.69, 9.17) is 11.6 Å². The number of halogens is 1. The molecule has 0 bridgehead atoms. The van der Waals surface area contributed by atoms with Gasteiger partial charge in [-0.15, -0.1) is 0 Å². The summed E-state index contributed by atoms with van der Waals surface area (Å²) in [6.07, 6.45) is 5.05. The summed E-state index contributed by atoms with van der Waals surface area (Å²) in [6.45, 7) is 2.89. The van der Waals surface area contributed by atoms with Crippen LogP contribution in [-0.4, -0.2) is 38.5 Å². The summed E-state index contributed by atoms with van der Waals surface area (Å²) in [5, 5.41) is 6.52. The van der Waals surface area contributed by atoms with E-state index in [0.29, 0.717) is 29.5 Å². The lowest BCUT2D eigenvalue weighted by Crippen LogP contribution is -2.28. The molecule has 3 aromatic rings. The fraction of sp³-hybridized carbons (Fsp3) is 0.176. The van der Waals surface area contributed by atoms with Crippen molar-refractivity contribution in [2.75, 3.05) is 18.4 Å². The number of carbonyl (C=O) groups is 1. The van der Waals surface area contributed by atoms with Gasteiger partial charge in [0.2, 0.25) is 0 Å². The molecule has 2 aromatic heterocycles. The summed E-state index contributed by atoms with van der Waals surface area (Å²) < 4.78 is 1.87. The first-order valence-electron chi connectivity index (χ1n) is 7.73. The standard InChI is InChI=1S/C17H17ClN6O/c1-12-19-7-8-24(12)16-10-15(22-11-23-16)20-5-6-21-17(25)13-3-2-4-14(18)9-13/h2-4,7-11H,5-6H2,1H3,(H,21,25)(H,20,22,23). The van der Waals surface area contributed by atoms with Crippen molar-refractivity contribution in [3.05, 3.63) is 65.5 Å². The Kier molecular flexibility index (Phi) is 5.25. The highest BCUT2D eigenvalue weighted by Gasteiger charge is 2.06. The van der Waals surface area contributed by atoms with Gasteiger partial charge < -0.3 is 10.6 Å². The Morgan fingerprint density at radius 2 is 2.08 bits per heavy atom. The van der Waals surface area contributed by atoms with Gasteiger partial charge in [-0.3, -0.25) is 9.36 Å². The molecule has 7 nitrogen and oxygen atoms in total. The van der Waals surface area contributed by atoms with Crippen molar-refractivity contribution in [1.82, 2.24) is 24.8 Å². The minimum absolute atomic E-state index is 0.165. The largest absolute Gasteiger partial charge is 0.368 e. The van der Waals surface area contributed by atoms with E-state index in [-0.39, 0.29) is 5.91 Å². The van der Waals surface area contributed by atoms with Crippen LogP contribution in [0.1, 0.15) is 16.2 Å². The first kappa shape index (κ1) is 16.9. The molecule has 0 aliphatic carbocycles. The van der Waals surface area contributed by atoms with Gasteiger partial charge in [0.1, 0.15) is 23.8 Å². The Labute approximate surface area is 150 Å². The van der Waals surface area contributed by atoms with Crippen molar-refractivity contribution < 1.29 is 4.79 Å². The normalized spacial score (nSPS) is 10.5. The maximum Gasteiger partial charge on any atom is 0.251 e. The molecular formula is C17H17ClN6O. The van der Waals surface area contributed by atoms with Crippen molar-refractivity contribution in [3.63, 3.8) is 0 Å².